The first-order valence-corrected chi connectivity index (χ1v) is 8.63. The summed E-state index contributed by atoms with van der Waals surface area (Å²) in [4.78, 5) is 23.6. The van der Waals surface area contributed by atoms with Crippen molar-refractivity contribution in [1.82, 2.24) is 0 Å². The molecule has 1 aromatic carbocycles. The molecule has 0 N–H and O–H groups in total. The average molecular weight is 427 g/mol. The number of esters is 2. The number of furan rings is 1. The van der Waals surface area contributed by atoms with E-state index in [4.69, 9.17) is 18.6 Å². The number of methoxy groups -OCH3 is 2. The van der Waals surface area contributed by atoms with Crippen LogP contribution in [0.3, 0.4) is 0 Å². The molecule has 0 unspecified atom stereocenters. The second-order valence-corrected chi connectivity index (χ2v) is 6.03. The van der Waals surface area contributed by atoms with E-state index in [1.165, 1.54) is 26.4 Å². The Kier molecular flexibility index (Phi) is 7.08. The second kappa shape index (κ2) is 9.28. The van der Waals surface area contributed by atoms with E-state index in [1.54, 1.807) is 12.1 Å². The first-order chi connectivity index (χ1) is 12.5. The fraction of sp³-hybridized carbons (Fsp3) is 0.333. The highest BCUT2D eigenvalue weighted by atomic mass is 79.9. The van der Waals surface area contributed by atoms with Gasteiger partial charge in [-0.15, -0.1) is 0 Å². The van der Waals surface area contributed by atoms with Crippen molar-refractivity contribution in [2.24, 2.45) is 0 Å². The Balaban J connectivity index is 2.08. The number of benzene rings is 1. The van der Waals surface area contributed by atoms with Crippen molar-refractivity contribution in [3.05, 3.63) is 45.8 Å². The third-order valence-corrected chi connectivity index (χ3v) is 3.90. The molecule has 0 bridgehead atoms. The van der Waals surface area contributed by atoms with Crippen LogP contribution in [0.4, 0.5) is 0 Å². The first-order valence-electron chi connectivity index (χ1n) is 7.84. The van der Waals surface area contributed by atoms with Crippen LogP contribution in [0.1, 0.15) is 40.0 Å². The van der Waals surface area contributed by atoms with Gasteiger partial charge in [0, 0.05) is 0 Å². The van der Waals surface area contributed by atoms with Gasteiger partial charge in [0.2, 0.25) is 5.76 Å². The summed E-state index contributed by atoms with van der Waals surface area (Å²) in [5, 5.41) is 0. The molecule has 7 nitrogen and oxygen atoms in total. The predicted molar refractivity (Wildman–Crippen MR) is 95.6 cm³/mol. The molecule has 0 amide bonds. The van der Waals surface area contributed by atoms with Crippen molar-refractivity contribution in [3.63, 3.8) is 0 Å². The van der Waals surface area contributed by atoms with Gasteiger partial charge in [-0.1, -0.05) is 6.92 Å². The summed E-state index contributed by atoms with van der Waals surface area (Å²) in [6.45, 7) is 2.40. The smallest absolute Gasteiger partial charge is 0.373 e. The van der Waals surface area contributed by atoms with Crippen LogP contribution in [0.2, 0.25) is 0 Å². The van der Waals surface area contributed by atoms with E-state index in [-0.39, 0.29) is 17.9 Å². The molecule has 0 radical (unpaired) electrons. The van der Waals surface area contributed by atoms with Crippen LogP contribution in [0.5, 0.6) is 11.5 Å². The van der Waals surface area contributed by atoms with Gasteiger partial charge < -0.3 is 23.4 Å². The van der Waals surface area contributed by atoms with Gasteiger partial charge in [-0.25, -0.2) is 9.59 Å². The maximum atomic E-state index is 12.3. The number of carbonyl (C=O) groups excluding carboxylic acids is 2. The van der Waals surface area contributed by atoms with Gasteiger partial charge in [-0.2, -0.15) is 0 Å². The quantitative estimate of drug-likeness (QED) is 0.589. The SMILES string of the molecule is CCCOc1c(Br)cc(C(=O)OCc2ccc(C(=O)OC)o2)cc1OC. The molecule has 140 valence electrons. The molecule has 1 aromatic heterocycles. The average Bonchev–Trinajstić information content (AvgIpc) is 3.12. The van der Waals surface area contributed by atoms with Crippen molar-refractivity contribution < 1.29 is 33.0 Å². The maximum absolute atomic E-state index is 12.3. The van der Waals surface area contributed by atoms with Gasteiger partial charge in [0.15, 0.2) is 11.5 Å². The lowest BCUT2D eigenvalue weighted by atomic mass is 10.2. The molecule has 0 saturated carbocycles. The van der Waals surface area contributed by atoms with Crippen LogP contribution < -0.4 is 9.47 Å². The normalized spacial score (nSPS) is 10.3. The Morgan fingerprint density at radius 1 is 1.15 bits per heavy atom. The Morgan fingerprint density at radius 2 is 1.92 bits per heavy atom. The van der Waals surface area contributed by atoms with Crippen molar-refractivity contribution in [1.29, 1.82) is 0 Å². The van der Waals surface area contributed by atoms with E-state index in [9.17, 15) is 9.59 Å². The summed E-state index contributed by atoms with van der Waals surface area (Å²) in [6, 6.07) is 6.13. The molecule has 0 atom stereocenters. The van der Waals surface area contributed by atoms with E-state index in [0.29, 0.717) is 28.3 Å². The summed E-state index contributed by atoms with van der Waals surface area (Å²) in [7, 11) is 2.75. The summed E-state index contributed by atoms with van der Waals surface area (Å²) in [6.07, 6.45) is 0.843. The highest BCUT2D eigenvalue weighted by Crippen LogP contribution is 2.37. The maximum Gasteiger partial charge on any atom is 0.373 e. The van der Waals surface area contributed by atoms with Crippen molar-refractivity contribution in [2.75, 3.05) is 20.8 Å². The van der Waals surface area contributed by atoms with E-state index in [1.807, 2.05) is 6.92 Å². The molecule has 8 heteroatoms. The summed E-state index contributed by atoms with van der Waals surface area (Å²) < 4.78 is 26.5. The van der Waals surface area contributed by atoms with Crippen LogP contribution in [-0.4, -0.2) is 32.8 Å². The standard InChI is InChI=1S/C18H19BrO7/c1-4-7-24-16-13(19)8-11(9-15(16)22-2)17(20)25-10-12-5-6-14(26-12)18(21)23-3/h5-6,8-9H,4,7,10H2,1-3H3. The number of ether oxygens (including phenoxy) is 4. The second-order valence-electron chi connectivity index (χ2n) is 5.17. The molecule has 2 aromatic rings. The number of carbonyl (C=O) groups is 2. The van der Waals surface area contributed by atoms with Gasteiger partial charge in [-0.3, -0.25) is 0 Å². The Bertz CT molecular complexity index is 782. The van der Waals surface area contributed by atoms with Crippen LogP contribution in [0, 0.1) is 0 Å². The van der Waals surface area contributed by atoms with E-state index in [0.717, 1.165) is 6.42 Å². The third-order valence-electron chi connectivity index (χ3n) is 3.31. The zero-order chi connectivity index (χ0) is 19.1. The van der Waals surface area contributed by atoms with E-state index < -0.39 is 11.9 Å². The first kappa shape index (κ1) is 19.8. The van der Waals surface area contributed by atoms with Crippen LogP contribution in [0.25, 0.3) is 0 Å². The molecule has 0 fully saturated rings. The van der Waals surface area contributed by atoms with Gasteiger partial charge in [0.1, 0.15) is 12.4 Å². The lowest BCUT2D eigenvalue weighted by Gasteiger charge is -2.13. The Hall–Kier alpha value is -2.48. The minimum Gasteiger partial charge on any atom is -0.493 e. The van der Waals surface area contributed by atoms with E-state index in [2.05, 4.69) is 20.7 Å². The molecule has 0 aliphatic heterocycles. The topological polar surface area (TPSA) is 84.2 Å². The van der Waals surface area contributed by atoms with Crippen LogP contribution >= 0.6 is 15.9 Å². The number of hydrogen-bond acceptors (Lipinski definition) is 7. The summed E-state index contributed by atoms with van der Waals surface area (Å²) in [5.74, 6) is 0.152. The molecule has 0 spiro atoms. The number of halogens is 1. The molecular formula is C18H19BrO7. The highest BCUT2D eigenvalue weighted by Gasteiger charge is 2.18. The number of rotatable bonds is 8. The molecule has 0 aliphatic rings. The summed E-state index contributed by atoms with van der Waals surface area (Å²) in [5.41, 5.74) is 0.289. The fourth-order valence-corrected chi connectivity index (χ4v) is 2.62. The molecule has 0 saturated heterocycles. The molecular weight excluding hydrogens is 408 g/mol. The van der Waals surface area contributed by atoms with Crippen LogP contribution in [0.15, 0.2) is 33.2 Å². The predicted octanol–water partition coefficient (Wildman–Crippen LogP) is 3.98. The summed E-state index contributed by atoms with van der Waals surface area (Å²) >= 11 is 3.38. The largest absolute Gasteiger partial charge is 0.493 e. The fourth-order valence-electron chi connectivity index (χ4n) is 2.07. The van der Waals surface area contributed by atoms with Gasteiger partial charge >= 0.3 is 11.9 Å². The third kappa shape index (κ3) is 4.78. The highest BCUT2D eigenvalue weighted by molar-refractivity contribution is 9.10. The van der Waals surface area contributed by atoms with Crippen molar-refractivity contribution in [2.45, 2.75) is 20.0 Å². The van der Waals surface area contributed by atoms with Crippen LogP contribution in [-0.2, 0) is 16.1 Å². The minimum absolute atomic E-state index is 0.0420. The minimum atomic E-state index is -0.598. The van der Waals surface area contributed by atoms with Gasteiger partial charge in [0.25, 0.3) is 0 Å². The lowest BCUT2D eigenvalue weighted by Crippen LogP contribution is -2.07. The van der Waals surface area contributed by atoms with E-state index >= 15 is 0 Å². The lowest BCUT2D eigenvalue weighted by molar-refractivity contribution is 0.0438. The molecule has 2 rings (SSSR count). The molecule has 26 heavy (non-hydrogen) atoms. The van der Waals surface area contributed by atoms with Gasteiger partial charge in [0.05, 0.1) is 30.9 Å². The molecule has 0 aliphatic carbocycles. The Morgan fingerprint density at radius 3 is 2.58 bits per heavy atom. The van der Waals surface area contributed by atoms with Crippen molar-refractivity contribution >= 4 is 27.9 Å². The van der Waals surface area contributed by atoms with Gasteiger partial charge in [-0.05, 0) is 46.6 Å². The van der Waals surface area contributed by atoms with Crippen molar-refractivity contribution in [3.8, 4) is 11.5 Å². The zero-order valence-electron chi connectivity index (χ0n) is 14.7. The number of hydrogen-bond donors (Lipinski definition) is 0. The Labute approximate surface area is 159 Å². The monoisotopic (exact) mass is 426 g/mol. The zero-order valence-corrected chi connectivity index (χ0v) is 16.3. The molecule has 1 heterocycles.